The fourth-order valence-electron chi connectivity index (χ4n) is 3.31. The zero-order valence-electron chi connectivity index (χ0n) is 15.0. The number of hydrogen-bond donors (Lipinski definition) is 2. The zero-order valence-corrected chi connectivity index (χ0v) is 15.0. The van der Waals surface area contributed by atoms with Gasteiger partial charge >= 0.3 is 0 Å². The van der Waals surface area contributed by atoms with E-state index in [-0.39, 0.29) is 0 Å². The molecule has 1 aromatic rings. The molecule has 2 rings (SSSR count). The van der Waals surface area contributed by atoms with Gasteiger partial charge in [0, 0.05) is 38.1 Å². The normalized spacial score (nSPS) is 22.3. The maximum absolute atomic E-state index is 4.72. The third-order valence-corrected chi connectivity index (χ3v) is 4.80. The number of guanidine groups is 1. The van der Waals surface area contributed by atoms with Gasteiger partial charge in [0.1, 0.15) is 0 Å². The Kier molecular flexibility index (Phi) is 7.43. The molecule has 23 heavy (non-hydrogen) atoms. The first kappa shape index (κ1) is 17.8. The van der Waals surface area contributed by atoms with Gasteiger partial charge in [-0.15, -0.1) is 0 Å². The minimum absolute atomic E-state index is 0.580. The van der Waals surface area contributed by atoms with Crippen LogP contribution in [0, 0.1) is 11.8 Å². The monoisotopic (exact) mass is 319 g/mol. The largest absolute Gasteiger partial charge is 0.357 e. The molecule has 1 fully saturated rings. The van der Waals surface area contributed by atoms with Crippen molar-refractivity contribution in [3.8, 4) is 0 Å². The summed E-state index contributed by atoms with van der Waals surface area (Å²) in [5, 5.41) is 7.01. The van der Waals surface area contributed by atoms with Crippen molar-refractivity contribution >= 4 is 5.96 Å². The van der Waals surface area contributed by atoms with E-state index in [1.807, 2.05) is 18.7 Å². The molecule has 130 valence electrons. The molecule has 0 saturated heterocycles. The molecule has 0 spiro atoms. The highest BCUT2D eigenvalue weighted by atomic mass is 15.2. The lowest BCUT2D eigenvalue weighted by Gasteiger charge is -2.32. The fraction of sp³-hybridized carbons (Fsp3) is 0.778. The van der Waals surface area contributed by atoms with E-state index in [4.69, 9.17) is 4.99 Å². The van der Waals surface area contributed by atoms with Gasteiger partial charge in [-0.05, 0) is 50.9 Å². The molecule has 2 N–H and O–H groups in total. The van der Waals surface area contributed by atoms with Crippen LogP contribution in [0.3, 0.4) is 0 Å². The summed E-state index contributed by atoms with van der Waals surface area (Å²) in [4.78, 5) is 8.79. The van der Waals surface area contributed by atoms with Crippen LogP contribution in [-0.2, 0) is 6.54 Å². The predicted molar refractivity (Wildman–Crippen MR) is 96.5 cm³/mol. The highest BCUT2D eigenvalue weighted by Gasteiger charge is 2.23. The molecule has 0 unspecified atom stereocenters. The Morgan fingerprint density at radius 1 is 1.30 bits per heavy atom. The smallest absolute Gasteiger partial charge is 0.191 e. The van der Waals surface area contributed by atoms with Crippen LogP contribution in [0.2, 0.25) is 0 Å². The first-order chi connectivity index (χ1) is 11.2. The standard InChI is InChI=1S/C18H33N5/c1-4-20-18(21-10-5-12-23-13-11-19-14-23)22-17-8-6-16(7-9-17)15(2)3/h11,13-17H,4-10,12H2,1-3H3,(H2,20,21,22). The number of hydrogen-bond acceptors (Lipinski definition) is 2. The summed E-state index contributed by atoms with van der Waals surface area (Å²) in [5.41, 5.74) is 0. The molecule has 0 bridgehead atoms. The van der Waals surface area contributed by atoms with Gasteiger partial charge in [0.15, 0.2) is 5.96 Å². The van der Waals surface area contributed by atoms with Crippen molar-refractivity contribution in [2.75, 3.05) is 13.1 Å². The molecule has 1 aliphatic rings. The maximum atomic E-state index is 4.72. The average Bonchev–Trinajstić information content (AvgIpc) is 3.05. The lowest BCUT2D eigenvalue weighted by atomic mass is 9.80. The summed E-state index contributed by atoms with van der Waals surface area (Å²) < 4.78 is 2.10. The van der Waals surface area contributed by atoms with Crippen molar-refractivity contribution in [1.29, 1.82) is 0 Å². The van der Waals surface area contributed by atoms with E-state index in [1.165, 1.54) is 25.7 Å². The molecule has 1 aliphatic carbocycles. The van der Waals surface area contributed by atoms with Crippen molar-refractivity contribution in [2.45, 2.75) is 65.5 Å². The molecule has 1 saturated carbocycles. The van der Waals surface area contributed by atoms with Gasteiger partial charge in [0.05, 0.1) is 6.33 Å². The van der Waals surface area contributed by atoms with Crippen LogP contribution >= 0.6 is 0 Å². The lowest BCUT2D eigenvalue weighted by molar-refractivity contribution is 0.250. The van der Waals surface area contributed by atoms with Crippen LogP contribution in [0.1, 0.15) is 52.9 Å². The Labute approximate surface area is 141 Å². The summed E-state index contributed by atoms with van der Waals surface area (Å²) >= 11 is 0. The van der Waals surface area contributed by atoms with Gasteiger partial charge in [0.25, 0.3) is 0 Å². The molecular weight excluding hydrogens is 286 g/mol. The van der Waals surface area contributed by atoms with Crippen molar-refractivity contribution in [2.24, 2.45) is 16.8 Å². The highest BCUT2D eigenvalue weighted by molar-refractivity contribution is 5.80. The minimum atomic E-state index is 0.580. The van der Waals surface area contributed by atoms with Gasteiger partial charge in [-0.3, -0.25) is 4.99 Å². The van der Waals surface area contributed by atoms with Gasteiger partial charge < -0.3 is 15.2 Å². The van der Waals surface area contributed by atoms with Crippen LogP contribution in [0.4, 0.5) is 0 Å². The summed E-state index contributed by atoms with van der Waals surface area (Å²) in [6.45, 7) is 9.55. The van der Waals surface area contributed by atoms with Crippen molar-refractivity contribution in [3.05, 3.63) is 18.7 Å². The quantitative estimate of drug-likeness (QED) is 0.461. The first-order valence-electron chi connectivity index (χ1n) is 9.19. The van der Waals surface area contributed by atoms with Crippen LogP contribution in [0.5, 0.6) is 0 Å². The third kappa shape index (κ3) is 6.24. The Morgan fingerprint density at radius 3 is 2.70 bits per heavy atom. The maximum Gasteiger partial charge on any atom is 0.191 e. The van der Waals surface area contributed by atoms with Crippen LogP contribution in [0.25, 0.3) is 0 Å². The molecule has 0 aromatic carbocycles. The van der Waals surface area contributed by atoms with Crippen LogP contribution in [0.15, 0.2) is 23.7 Å². The van der Waals surface area contributed by atoms with Crippen molar-refractivity contribution in [3.63, 3.8) is 0 Å². The zero-order chi connectivity index (χ0) is 16.5. The summed E-state index contributed by atoms with van der Waals surface area (Å²) in [5.74, 6) is 2.70. The molecule has 0 amide bonds. The van der Waals surface area contributed by atoms with E-state index >= 15 is 0 Å². The van der Waals surface area contributed by atoms with Crippen LogP contribution in [-0.4, -0.2) is 34.6 Å². The van der Waals surface area contributed by atoms with E-state index in [2.05, 4.69) is 41.0 Å². The average molecular weight is 319 g/mol. The minimum Gasteiger partial charge on any atom is -0.357 e. The number of rotatable bonds is 7. The highest BCUT2D eigenvalue weighted by Crippen LogP contribution is 2.29. The summed E-state index contributed by atoms with van der Waals surface area (Å²) in [7, 11) is 0. The Bertz CT molecular complexity index is 444. The number of aryl methyl sites for hydroxylation is 1. The fourth-order valence-corrected chi connectivity index (χ4v) is 3.31. The van der Waals surface area contributed by atoms with E-state index in [9.17, 15) is 0 Å². The lowest BCUT2D eigenvalue weighted by Crippen LogP contribution is -2.45. The van der Waals surface area contributed by atoms with Gasteiger partial charge in [-0.1, -0.05) is 13.8 Å². The van der Waals surface area contributed by atoms with E-state index < -0.39 is 0 Å². The SMILES string of the molecule is CCNC(=NCCCn1ccnc1)NC1CCC(C(C)C)CC1. The topological polar surface area (TPSA) is 54.2 Å². The molecule has 5 nitrogen and oxygen atoms in total. The molecule has 0 aliphatic heterocycles. The molecule has 1 heterocycles. The third-order valence-electron chi connectivity index (χ3n) is 4.80. The van der Waals surface area contributed by atoms with Crippen LogP contribution < -0.4 is 10.6 Å². The van der Waals surface area contributed by atoms with Crippen molar-refractivity contribution < 1.29 is 0 Å². The first-order valence-corrected chi connectivity index (χ1v) is 9.19. The van der Waals surface area contributed by atoms with E-state index in [1.54, 1.807) is 0 Å². The molecular formula is C18H33N5. The van der Waals surface area contributed by atoms with E-state index in [0.717, 1.165) is 43.9 Å². The number of nitrogens with zero attached hydrogens (tertiary/aromatic N) is 3. The summed E-state index contributed by atoms with van der Waals surface area (Å²) in [6.07, 6.45) is 11.9. The molecule has 0 radical (unpaired) electrons. The molecule has 1 aromatic heterocycles. The number of imidazole rings is 1. The van der Waals surface area contributed by atoms with Gasteiger partial charge in [-0.2, -0.15) is 0 Å². The Morgan fingerprint density at radius 2 is 2.09 bits per heavy atom. The van der Waals surface area contributed by atoms with E-state index in [0.29, 0.717) is 6.04 Å². The molecule has 0 atom stereocenters. The van der Waals surface area contributed by atoms with Gasteiger partial charge in [-0.25, -0.2) is 4.98 Å². The van der Waals surface area contributed by atoms with Crippen molar-refractivity contribution in [1.82, 2.24) is 20.2 Å². The second kappa shape index (κ2) is 9.58. The number of aromatic nitrogens is 2. The predicted octanol–water partition coefficient (Wildman–Crippen LogP) is 3.04. The summed E-state index contributed by atoms with van der Waals surface area (Å²) in [6, 6.07) is 0.580. The number of nitrogens with one attached hydrogen (secondary N) is 2. The Hall–Kier alpha value is -1.52. The van der Waals surface area contributed by atoms with Gasteiger partial charge in [0.2, 0.25) is 0 Å². The Balaban J connectivity index is 1.73. The second-order valence-electron chi connectivity index (χ2n) is 6.91. The molecule has 5 heteroatoms. The second-order valence-corrected chi connectivity index (χ2v) is 6.91. The number of aliphatic imine (C=N–C) groups is 1.